The number of hydrogen-bond donors (Lipinski definition) is 3. The third kappa shape index (κ3) is 2.85. The Morgan fingerprint density at radius 3 is 2.52 bits per heavy atom. The molecule has 3 N–H and O–H groups in total. The highest BCUT2D eigenvalue weighted by Gasteiger charge is 2.25. The summed E-state index contributed by atoms with van der Waals surface area (Å²) in [7, 11) is 0. The number of benzene rings is 2. The van der Waals surface area contributed by atoms with Gasteiger partial charge in [0.25, 0.3) is 0 Å². The van der Waals surface area contributed by atoms with E-state index in [1.165, 1.54) is 24.8 Å². The van der Waals surface area contributed by atoms with Crippen molar-refractivity contribution in [3.63, 3.8) is 0 Å². The molecule has 5 rings (SSSR count). The molecular formula is C20H20N6O. The number of imidazole rings is 1. The van der Waals surface area contributed by atoms with Crippen LogP contribution >= 0.6 is 0 Å². The zero-order chi connectivity index (χ0) is 18.2. The van der Waals surface area contributed by atoms with Crippen LogP contribution in [-0.2, 0) is 0 Å². The molecule has 0 saturated heterocycles. The molecule has 1 saturated carbocycles. The fourth-order valence-corrected chi connectivity index (χ4v) is 4.13. The van der Waals surface area contributed by atoms with E-state index in [1.807, 2.05) is 18.2 Å². The molecule has 1 aliphatic rings. The van der Waals surface area contributed by atoms with Gasteiger partial charge in [0.2, 0.25) is 5.82 Å². The SMILES string of the molecule is Oc1ccc(-c2nc3c(C4CCCCC4)c(-c4nn[nH]n4)ccc3[nH]2)cc1. The van der Waals surface area contributed by atoms with Crippen molar-refractivity contribution >= 4 is 11.0 Å². The summed E-state index contributed by atoms with van der Waals surface area (Å²) in [5.41, 5.74) is 5.15. The van der Waals surface area contributed by atoms with Gasteiger partial charge in [0.05, 0.1) is 11.0 Å². The van der Waals surface area contributed by atoms with Crippen molar-refractivity contribution in [1.29, 1.82) is 0 Å². The Morgan fingerprint density at radius 1 is 0.963 bits per heavy atom. The van der Waals surface area contributed by atoms with Crippen LogP contribution in [-0.4, -0.2) is 35.7 Å². The van der Waals surface area contributed by atoms with Crippen LogP contribution in [0.2, 0.25) is 0 Å². The van der Waals surface area contributed by atoms with E-state index in [0.717, 1.165) is 40.8 Å². The Bertz CT molecular complexity index is 1060. The second kappa shape index (κ2) is 6.50. The highest BCUT2D eigenvalue weighted by molar-refractivity contribution is 5.88. The second-order valence-corrected chi connectivity index (χ2v) is 7.13. The van der Waals surface area contributed by atoms with Crippen LogP contribution in [0.25, 0.3) is 33.8 Å². The summed E-state index contributed by atoms with van der Waals surface area (Å²) in [6.45, 7) is 0. The first-order chi connectivity index (χ1) is 13.3. The number of aromatic amines is 2. The van der Waals surface area contributed by atoms with Gasteiger partial charge in [-0.2, -0.15) is 5.21 Å². The van der Waals surface area contributed by atoms with Crippen molar-refractivity contribution in [3.8, 4) is 28.5 Å². The average Bonchev–Trinajstić information content (AvgIpc) is 3.38. The van der Waals surface area contributed by atoms with Gasteiger partial charge in [0.1, 0.15) is 11.6 Å². The van der Waals surface area contributed by atoms with Crippen LogP contribution < -0.4 is 0 Å². The minimum absolute atomic E-state index is 0.247. The molecule has 0 atom stereocenters. The molecule has 2 aromatic carbocycles. The fourth-order valence-electron chi connectivity index (χ4n) is 4.13. The number of rotatable bonds is 3. The van der Waals surface area contributed by atoms with Gasteiger partial charge in [-0.15, -0.1) is 10.2 Å². The first kappa shape index (κ1) is 16.0. The number of fused-ring (bicyclic) bond motifs is 1. The summed E-state index contributed by atoms with van der Waals surface area (Å²) in [6, 6.07) is 11.2. The maximum Gasteiger partial charge on any atom is 0.205 e. The summed E-state index contributed by atoms with van der Waals surface area (Å²) >= 11 is 0. The average molecular weight is 360 g/mol. The predicted octanol–water partition coefficient (Wildman–Crippen LogP) is 4.16. The Balaban J connectivity index is 1.70. The van der Waals surface area contributed by atoms with Crippen molar-refractivity contribution in [2.24, 2.45) is 0 Å². The van der Waals surface area contributed by atoms with Crippen molar-refractivity contribution in [2.45, 2.75) is 38.0 Å². The number of tetrazole rings is 1. The third-order valence-corrected chi connectivity index (χ3v) is 5.43. The molecule has 0 radical (unpaired) electrons. The molecule has 136 valence electrons. The standard InChI is InChI=1S/C20H20N6O/c27-14-8-6-13(7-9-14)19-21-16-11-10-15(20-23-25-26-24-20)17(18(16)22-19)12-4-2-1-3-5-12/h6-12,27H,1-5H2,(H,21,22)(H,23,24,25,26). The lowest BCUT2D eigenvalue weighted by Gasteiger charge is -2.24. The number of H-pyrrole nitrogens is 2. The van der Waals surface area contributed by atoms with E-state index in [2.05, 4.69) is 31.7 Å². The molecule has 0 bridgehead atoms. The Hall–Kier alpha value is -3.22. The summed E-state index contributed by atoms with van der Waals surface area (Å²) < 4.78 is 0. The van der Waals surface area contributed by atoms with Crippen LogP contribution in [0.5, 0.6) is 5.75 Å². The molecule has 27 heavy (non-hydrogen) atoms. The Labute approximate surface area is 155 Å². The summed E-state index contributed by atoms with van der Waals surface area (Å²) in [6.07, 6.45) is 6.09. The number of phenols is 1. The number of phenolic OH excluding ortho intramolecular Hbond substituents is 1. The molecule has 2 heterocycles. The Morgan fingerprint density at radius 2 is 1.78 bits per heavy atom. The molecule has 0 spiro atoms. The number of aromatic hydroxyl groups is 1. The molecule has 0 aliphatic heterocycles. The zero-order valence-electron chi connectivity index (χ0n) is 14.8. The third-order valence-electron chi connectivity index (χ3n) is 5.43. The maximum atomic E-state index is 9.55. The first-order valence-corrected chi connectivity index (χ1v) is 9.35. The van der Waals surface area contributed by atoms with E-state index in [9.17, 15) is 5.11 Å². The molecule has 1 aliphatic carbocycles. The lowest BCUT2D eigenvalue weighted by molar-refractivity contribution is 0.446. The normalized spacial score (nSPS) is 15.4. The van der Waals surface area contributed by atoms with Crippen LogP contribution in [0, 0.1) is 0 Å². The number of nitrogens with one attached hydrogen (secondary N) is 2. The summed E-state index contributed by atoms with van der Waals surface area (Å²) in [5, 5.41) is 24.3. The highest BCUT2D eigenvalue weighted by atomic mass is 16.3. The van der Waals surface area contributed by atoms with Gasteiger partial charge in [-0.3, -0.25) is 0 Å². The van der Waals surface area contributed by atoms with E-state index in [4.69, 9.17) is 4.98 Å². The minimum Gasteiger partial charge on any atom is -0.508 e. The monoisotopic (exact) mass is 360 g/mol. The van der Waals surface area contributed by atoms with Crippen molar-refractivity contribution in [3.05, 3.63) is 42.0 Å². The lowest BCUT2D eigenvalue weighted by Crippen LogP contribution is -2.07. The quantitative estimate of drug-likeness (QED) is 0.509. The van der Waals surface area contributed by atoms with Gasteiger partial charge < -0.3 is 10.1 Å². The zero-order valence-corrected chi connectivity index (χ0v) is 14.8. The fraction of sp³-hybridized carbons (Fsp3) is 0.300. The van der Waals surface area contributed by atoms with Gasteiger partial charge >= 0.3 is 0 Å². The van der Waals surface area contributed by atoms with Crippen molar-refractivity contribution in [1.82, 2.24) is 30.6 Å². The van der Waals surface area contributed by atoms with Crippen LogP contribution in [0.4, 0.5) is 0 Å². The molecule has 4 aromatic rings. The number of aromatic nitrogens is 6. The van der Waals surface area contributed by atoms with Crippen molar-refractivity contribution in [2.75, 3.05) is 0 Å². The number of nitrogens with zero attached hydrogens (tertiary/aromatic N) is 4. The van der Waals surface area contributed by atoms with Gasteiger partial charge in [0.15, 0.2) is 0 Å². The topological polar surface area (TPSA) is 103 Å². The Kier molecular flexibility index (Phi) is 3.85. The highest BCUT2D eigenvalue weighted by Crippen LogP contribution is 2.41. The minimum atomic E-state index is 0.247. The van der Waals surface area contributed by atoms with E-state index in [1.54, 1.807) is 12.1 Å². The first-order valence-electron chi connectivity index (χ1n) is 9.35. The maximum absolute atomic E-state index is 9.55. The van der Waals surface area contributed by atoms with Crippen LogP contribution in [0.1, 0.15) is 43.6 Å². The van der Waals surface area contributed by atoms with E-state index >= 15 is 0 Å². The predicted molar refractivity (Wildman–Crippen MR) is 102 cm³/mol. The van der Waals surface area contributed by atoms with Crippen LogP contribution in [0.3, 0.4) is 0 Å². The van der Waals surface area contributed by atoms with E-state index < -0.39 is 0 Å². The van der Waals surface area contributed by atoms with E-state index in [-0.39, 0.29) is 5.75 Å². The second-order valence-electron chi connectivity index (χ2n) is 7.13. The van der Waals surface area contributed by atoms with Crippen molar-refractivity contribution < 1.29 is 5.11 Å². The summed E-state index contributed by atoms with van der Waals surface area (Å²) in [5.74, 6) is 2.11. The summed E-state index contributed by atoms with van der Waals surface area (Å²) in [4.78, 5) is 8.36. The molecule has 1 fully saturated rings. The van der Waals surface area contributed by atoms with E-state index in [0.29, 0.717) is 11.7 Å². The van der Waals surface area contributed by atoms with Gasteiger partial charge in [-0.05, 0) is 65.9 Å². The van der Waals surface area contributed by atoms with Crippen LogP contribution in [0.15, 0.2) is 36.4 Å². The lowest BCUT2D eigenvalue weighted by atomic mass is 9.81. The largest absolute Gasteiger partial charge is 0.508 e. The van der Waals surface area contributed by atoms with Gasteiger partial charge in [-0.25, -0.2) is 4.98 Å². The number of hydrogen-bond acceptors (Lipinski definition) is 5. The molecule has 2 aromatic heterocycles. The van der Waals surface area contributed by atoms with Gasteiger partial charge in [-0.1, -0.05) is 19.3 Å². The molecular weight excluding hydrogens is 340 g/mol. The molecule has 7 nitrogen and oxygen atoms in total. The molecule has 0 amide bonds. The molecule has 0 unspecified atom stereocenters. The molecule has 7 heteroatoms. The van der Waals surface area contributed by atoms with Gasteiger partial charge in [0, 0.05) is 11.1 Å². The smallest absolute Gasteiger partial charge is 0.205 e.